The van der Waals surface area contributed by atoms with Crippen molar-refractivity contribution in [1.82, 2.24) is 25.6 Å². The Labute approximate surface area is 165 Å². The quantitative estimate of drug-likeness (QED) is 0.480. The average molecular weight is 390 g/mol. The van der Waals surface area contributed by atoms with Crippen LogP contribution in [0.25, 0.3) is 21.3 Å². The molecule has 140 valence electrons. The third kappa shape index (κ3) is 4.07. The van der Waals surface area contributed by atoms with Crippen LogP contribution < -0.4 is 16.0 Å². The summed E-state index contributed by atoms with van der Waals surface area (Å²) in [7, 11) is 1.59. The predicted molar refractivity (Wildman–Crippen MR) is 112 cm³/mol. The predicted octanol–water partition coefficient (Wildman–Crippen LogP) is 3.93. The van der Waals surface area contributed by atoms with Crippen LogP contribution in [0.4, 0.5) is 15.7 Å². The molecule has 3 heterocycles. The van der Waals surface area contributed by atoms with E-state index in [4.69, 9.17) is 0 Å². The van der Waals surface area contributed by atoms with Gasteiger partial charge in [-0.05, 0) is 53.1 Å². The monoisotopic (exact) mass is 390 g/mol. The lowest BCUT2D eigenvalue weighted by atomic mass is 10.1. The van der Waals surface area contributed by atoms with Crippen molar-refractivity contribution in [2.45, 2.75) is 6.54 Å². The molecule has 3 N–H and O–H groups in total. The first-order valence-electron chi connectivity index (χ1n) is 8.70. The van der Waals surface area contributed by atoms with Crippen molar-refractivity contribution in [2.75, 3.05) is 12.4 Å². The molecule has 0 atom stereocenters. The number of nitrogens with one attached hydrogen (secondary N) is 3. The lowest BCUT2D eigenvalue weighted by Crippen LogP contribution is -2.32. The van der Waals surface area contributed by atoms with Crippen molar-refractivity contribution in [3.63, 3.8) is 0 Å². The fourth-order valence-corrected chi connectivity index (χ4v) is 3.65. The van der Waals surface area contributed by atoms with Gasteiger partial charge in [-0.15, -0.1) is 0 Å². The van der Waals surface area contributed by atoms with Gasteiger partial charge in [-0.25, -0.2) is 14.8 Å². The Morgan fingerprint density at radius 3 is 2.71 bits per heavy atom. The van der Waals surface area contributed by atoms with Gasteiger partial charge in [0, 0.05) is 32.2 Å². The number of hydrogen-bond acceptors (Lipinski definition) is 6. The van der Waals surface area contributed by atoms with Crippen molar-refractivity contribution in [3.05, 3.63) is 66.6 Å². The largest absolute Gasteiger partial charge is 0.341 e. The zero-order chi connectivity index (χ0) is 19.3. The van der Waals surface area contributed by atoms with Gasteiger partial charge in [0.25, 0.3) is 0 Å². The third-order valence-corrected chi connectivity index (χ3v) is 5.08. The number of rotatable bonds is 5. The molecule has 0 spiro atoms. The molecule has 0 saturated heterocycles. The lowest BCUT2D eigenvalue weighted by molar-refractivity contribution is 0.242. The molecule has 0 fully saturated rings. The molecule has 3 aromatic heterocycles. The highest BCUT2D eigenvalue weighted by Gasteiger charge is 2.07. The van der Waals surface area contributed by atoms with Crippen LogP contribution in [0.15, 0.2) is 61.1 Å². The summed E-state index contributed by atoms with van der Waals surface area (Å²) in [4.78, 5) is 24.4. The number of hydrogen-bond donors (Lipinski definition) is 3. The fourth-order valence-electron chi connectivity index (χ4n) is 2.73. The van der Waals surface area contributed by atoms with Crippen molar-refractivity contribution < 1.29 is 4.79 Å². The molecule has 0 unspecified atom stereocenters. The number of carbonyl (C=O) groups excluding carboxylic acids is 1. The zero-order valence-electron chi connectivity index (χ0n) is 15.1. The SMILES string of the molecule is CNC(=O)NCc1ccnc(Nc2nc3ccc(-c4ccncc4)cc3s2)c1. The van der Waals surface area contributed by atoms with Gasteiger partial charge in [-0.1, -0.05) is 17.4 Å². The van der Waals surface area contributed by atoms with Crippen LogP contribution in [0.1, 0.15) is 5.56 Å². The van der Waals surface area contributed by atoms with E-state index >= 15 is 0 Å². The first-order valence-corrected chi connectivity index (χ1v) is 9.51. The summed E-state index contributed by atoms with van der Waals surface area (Å²) in [5.41, 5.74) is 4.13. The summed E-state index contributed by atoms with van der Waals surface area (Å²) < 4.78 is 1.09. The second-order valence-corrected chi connectivity index (χ2v) is 7.08. The van der Waals surface area contributed by atoms with Crippen molar-refractivity contribution in [2.24, 2.45) is 0 Å². The first kappa shape index (κ1) is 17.9. The molecule has 0 radical (unpaired) electrons. The number of pyridine rings is 2. The molecule has 7 nitrogen and oxygen atoms in total. The van der Waals surface area contributed by atoms with Crippen LogP contribution in [0.2, 0.25) is 0 Å². The van der Waals surface area contributed by atoms with Crippen LogP contribution in [-0.2, 0) is 6.54 Å². The van der Waals surface area contributed by atoms with Gasteiger partial charge in [0.05, 0.1) is 10.2 Å². The van der Waals surface area contributed by atoms with Crippen LogP contribution in [-0.4, -0.2) is 28.0 Å². The van der Waals surface area contributed by atoms with Crippen LogP contribution in [0.3, 0.4) is 0 Å². The molecule has 0 aliphatic carbocycles. The minimum atomic E-state index is -0.220. The Morgan fingerprint density at radius 1 is 1.04 bits per heavy atom. The molecule has 8 heteroatoms. The second kappa shape index (κ2) is 8.01. The summed E-state index contributed by atoms with van der Waals surface area (Å²) in [5.74, 6) is 0.685. The molecular formula is C20H18N6OS. The highest BCUT2D eigenvalue weighted by molar-refractivity contribution is 7.22. The van der Waals surface area contributed by atoms with E-state index in [1.54, 1.807) is 37.0 Å². The molecule has 4 aromatic rings. The van der Waals surface area contributed by atoms with E-state index in [2.05, 4.69) is 43.0 Å². The summed E-state index contributed by atoms with van der Waals surface area (Å²) >= 11 is 1.57. The number of anilines is 2. The Morgan fingerprint density at radius 2 is 1.89 bits per heavy atom. The Kier molecular flexibility index (Phi) is 5.11. The van der Waals surface area contributed by atoms with E-state index in [-0.39, 0.29) is 6.03 Å². The summed E-state index contributed by atoms with van der Waals surface area (Å²) in [6.07, 6.45) is 5.28. The second-order valence-electron chi connectivity index (χ2n) is 6.04. The number of benzene rings is 1. The van der Waals surface area contributed by atoms with E-state index in [0.29, 0.717) is 12.4 Å². The van der Waals surface area contributed by atoms with Crippen LogP contribution in [0, 0.1) is 0 Å². The number of thiazole rings is 1. The number of urea groups is 1. The summed E-state index contributed by atoms with van der Waals surface area (Å²) in [6, 6.07) is 13.7. The van der Waals surface area contributed by atoms with Gasteiger partial charge in [-0.2, -0.15) is 0 Å². The zero-order valence-corrected chi connectivity index (χ0v) is 16.0. The number of nitrogens with zero attached hydrogens (tertiary/aromatic N) is 3. The maximum atomic E-state index is 11.3. The Bertz CT molecular complexity index is 1110. The van der Waals surface area contributed by atoms with Crippen molar-refractivity contribution in [1.29, 1.82) is 0 Å². The van der Waals surface area contributed by atoms with E-state index in [1.165, 1.54) is 0 Å². The molecule has 1 aromatic carbocycles. The Hall–Kier alpha value is -3.52. The third-order valence-electron chi connectivity index (χ3n) is 4.14. The number of aromatic nitrogens is 3. The molecule has 4 rings (SSSR count). The number of carbonyl (C=O) groups is 1. The van der Waals surface area contributed by atoms with Gasteiger partial charge in [-0.3, -0.25) is 4.98 Å². The standard InChI is InChI=1S/C20H18N6OS/c1-21-19(27)24-12-13-4-9-23-18(10-13)26-20-25-16-3-2-15(11-17(16)28-20)14-5-7-22-8-6-14/h2-11H,12H2,1H3,(H2,21,24,27)(H,23,25,26). The van der Waals surface area contributed by atoms with Gasteiger partial charge in [0.2, 0.25) is 0 Å². The van der Waals surface area contributed by atoms with E-state index < -0.39 is 0 Å². The summed E-state index contributed by atoms with van der Waals surface area (Å²) in [5, 5.41) is 9.31. The molecule has 0 bridgehead atoms. The number of amides is 2. The molecule has 0 aliphatic rings. The Balaban J connectivity index is 1.53. The normalized spacial score (nSPS) is 10.6. The maximum Gasteiger partial charge on any atom is 0.314 e. The average Bonchev–Trinajstić information content (AvgIpc) is 3.14. The van der Waals surface area contributed by atoms with Gasteiger partial charge in [0.15, 0.2) is 5.13 Å². The van der Waals surface area contributed by atoms with Crippen molar-refractivity contribution in [3.8, 4) is 11.1 Å². The van der Waals surface area contributed by atoms with E-state index in [1.807, 2.05) is 30.3 Å². The highest BCUT2D eigenvalue weighted by atomic mass is 32.1. The van der Waals surface area contributed by atoms with Gasteiger partial charge >= 0.3 is 6.03 Å². The molecule has 0 aliphatic heterocycles. The molecule has 2 amide bonds. The topological polar surface area (TPSA) is 91.8 Å². The van der Waals surface area contributed by atoms with Gasteiger partial charge < -0.3 is 16.0 Å². The highest BCUT2D eigenvalue weighted by Crippen LogP contribution is 2.31. The first-order chi connectivity index (χ1) is 13.7. The van der Waals surface area contributed by atoms with Crippen molar-refractivity contribution >= 4 is 38.5 Å². The minimum Gasteiger partial charge on any atom is -0.341 e. The van der Waals surface area contributed by atoms with E-state index in [9.17, 15) is 4.79 Å². The van der Waals surface area contributed by atoms with Crippen LogP contribution in [0.5, 0.6) is 0 Å². The molecular weight excluding hydrogens is 372 g/mol. The molecule has 0 saturated carbocycles. The smallest absolute Gasteiger partial charge is 0.314 e. The van der Waals surface area contributed by atoms with Gasteiger partial charge in [0.1, 0.15) is 5.82 Å². The minimum absolute atomic E-state index is 0.220. The summed E-state index contributed by atoms with van der Waals surface area (Å²) in [6.45, 7) is 0.423. The number of fused-ring (bicyclic) bond motifs is 1. The van der Waals surface area contributed by atoms with E-state index in [0.717, 1.165) is 32.0 Å². The molecule has 28 heavy (non-hydrogen) atoms. The maximum absolute atomic E-state index is 11.3. The van der Waals surface area contributed by atoms with Crippen LogP contribution >= 0.6 is 11.3 Å². The fraction of sp³-hybridized carbons (Fsp3) is 0.100. The lowest BCUT2D eigenvalue weighted by Gasteiger charge is -2.06.